The van der Waals surface area contributed by atoms with Gasteiger partial charge < -0.3 is 0 Å². The fourth-order valence-electron chi connectivity index (χ4n) is 2.79. The topological polar surface area (TPSA) is 68.1 Å². The number of halogens is 1. The molecule has 1 amide bonds. The zero-order valence-electron chi connectivity index (χ0n) is 14.3. The number of hydrogen-bond acceptors (Lipinski definition) is 6. The van der Waals surface area contributed by atoms with Crippen molar-refractivity contribution in [1.82, 2.24) is 14.9 Å². The van der Waals surface area contributed by atoms with E-state index >= 15 is 0 Å². The summed E-state index contributed by atoms with van der Waals surface area (Å²) in [4.78, 5) is 26.3. The number of fused-ring (bicyclic) bond motifs is 1. The Bertz CT molecular complexity index is 1070. The van der Waals surface area contributed by atoms with Crippen LogP contribution in [0.4, 0.5) is 0 Å². The van der Waals surface area contributed by atoms with Crippen molar-refractivity contribution in [3.63, 3.8) is 0 Å². The summed E-state index contributed by atoms with van der Waals surface area (Å²) in [5.41, 5.74) is 1.32. The minimum atomic E-state index is -0.242. The van der Waals surface area contributed by atoms with Crippen molar-refractivity contribution in [1.29, 1.82) is 0 Å². The van der Waals surface area contributed by atoms with Gasteiger partial charge in [-0.05, 0) is 54.4 Å². The van der Waals surface area contributed by atoms with Crippen molar-refractivity contribution >= 4 is 52.1 Å². The van der Waals surface area contributed by atoms with Gasteiger partial charge in [0, 0.05) is 17.5 Å². The summed E-state index contributed by atoms with van der Waals surface area (Å²) in [6.45, 7) is 2.94. The summed E-state index contributed by atoms with van der Waals surface area (Å²) >= 11 is 8.67. The molecular weight excluding hydrogens is 404 g/mol. The molecule has 27 heavy (non-hydrogen) atoms. The van der Waals surface area contributed by atoms with Crippen molar-refractivity contribution < 1.29 is 9.59 Å². The maximum absolute atomic E-state index is 12.6. The Kier molecular flexibility index (Phi) is 4.63. The van der Waals surface area contributed by atoms with E-state index in [-0.39, 0.29) is 11.7 Å². The van der Waals surface area contributed by atoms with Gasteiger partial charge in [-0.25, -0.2) is 5.01 Å². The van der Waals surface area contributed by atoms with Gasteiger partial charge in [0.15, 0.2) is 11.6 Å². The van der Waals surface area contributed by atoms with Gasteiger partial charge in [0.25, 0.3) is 0 Å². The number of thioether (sulfide) groups is 1. The van der Waals surface area contributed by atoms with Crippen molar-refractivity contribution in [2.24, 2.45) is 0 Å². The molecule has 3 heterocycles. The molecule has 6 nitrogen and oxygen atoms in total. The van der Waals surface area contributed by atoms with Crippen LogP contribution in [0.5, 0.6) is 0 Å². The van der Waals surface area contributed by atoms with Crippen molar-refractivity contribution in [3.8, 4) is 11.4 Å². The highest BCUT2D eigenvalue weighted by molar-refractivity contribution is 8.04. The third-order valence-electron chi connectivity index (χ3n) is 3.91. The molecule has 1 aliphatic heterocycles. The average molecular weight is 417 g/mol. The molecule has 0 aliphatic carbocycles. The second kappa shape index (κ2) is 6.95. The first-order chi connectivity index (χ1) is 13.0. The lowest BCUT2D eigenvalue weighted by Gasteiger charge is -2.31. The van der Waals surface area contributed by atoms with Gasteiger partial charge in [0.05, 0.1) is 9.78 Å². The van der Waals surface area contributed by atoms with E-state index in [4.69, 9.17) is 11.6 Å². The average Bonchev–Trinajstić information content (AvgIpc) is 3.30. The number of aromatic nitrogens is 3. The van der Waals surface area contributed by atoms with E-state index in [1.807, 2.05) is 29.6 Å². The number of hydrogen-bond donors (Lipinski definition) is 0. The molecule has 1 aliphatic rings. The standard InChI is InChI=1S/C18H13ClN4O2S2/c1-10(24)16-15(14-4-3-9-26-14)22(11(2)25)23-17(20-21-18(23)27-16)12-5-7-13(19)8-6-12/h3-9H,1-2H3. The fourth-order valence-corrected chi connectivity index (χ4v) is 4.70. The molecule has 0 saturated carbocycles. The molecule has 0 fully saturated rings. The van der Waals surface area contributed by atoms with Crippen LogP contribution in [0.25, 0.3) is 17.1 Å². The van der Waals surface area contributed by atoms with Crippen molar-refractivity contribution in [2.75, 3.05) is 5.01 Å². The SMILES string of the molecule is CC(=O)C1=C(c2cccs2)N(C(C)=O)n2c(nnc2-c2ccc(Cl)cc2)S1. The Balaban J connectivity index is 1.96. The molecule has 0 spiro atoms. The summed E-state index contributed by atoms with van der Waals surface area (Å²) in [6.07, 6.45) is 0. The number of allylic oxidation sites excluding steroid dienone is 1. The molecule has 0 radical (unpaired) electrons. The molecule has 136 valence electrons. The van der Waals surface area contributed by atoms with E-state index in [2.05, 4.69) is 10.2 Å². The van der Waals surface area contributed by atoms with E-state index in [9.17, 15) is 9.59 Å². The number of carbonyl (C=O) groups excluding carboxylic acids is 2. The van der Waals surface area contributed by atoms with E-state index < -0.39 is 0 Å². The predicted octanol–water partition coefficient (Wildman–Crippen LogP) is 4.21. The molecule has 0 unspecified atom stereocenters. The van der Waals surface area contributed by atoms with Crippen molar-refractivity contribution in [3.05, 3.63) is 56.6 Å². The summed E-state index contributed by atoms with van der Waals surface area (Å²) in [7, 11) is 0. The zero-order chi connectivity index (χ0) is 19.1. The lowest BCUT2D eigenvalue weighted by molar-refractivity contribution is -0.117. The number of carbonyl (C=O) groups is 2. The van der Waals surface area contributed by atoms with E-state index in [1.165, 1.54) is 42.0 Å². The van der Waals surface area contributed by atoms with Gasteiger partial charge in [0.1, 0.15) is 5.70 Å². The Morgan fingerprint density at radius 3 is 2.41 bits per heavy atom. The third kappa shape index (κ3) is 3.09. The lowest BCUT2D eigenvalue weighted by atomic mass is 10.2. The molecule has 0 atom stereocenters. The molecule has 3 aromatic rings. The van der Waals surface area contributed by atoms with Crippen LogP contribution in [-0.4, -0.2) is 26.6 Å². The molecule has 9 heteroatoms. The van der Waals surface area contributed by atoms with Crippen molar-refractivity contribution in [2.45, 2.75) is 19.0 Å². The number of ketones is 1. The summed E-state index contributed by atoms with van der Waals surface area (Å²) in [5, 5.41) is 12.9. The third-order valence-corrected chi connectivity index (χ3v) is 6.16. The van der Waals surface area contributed by atoms with Crippen LogP contribution >= 0.6 is 34.7 Å². The Hall–Kier alpha value is -2.42. The zero-order valence-corrected chi connectivity index (χ0v) is 16.7. The van der Waals surface area contributed by atoms with Gasteiger partial charge in [-0.15, -0.1) is 21.5 Å². The maximum atomic E-state index is 12.6. The van der Waals surface area contributed by atoms with Crippen LogP contribution in [0, 0.1) is 0 Å². The van der Waals surface area contributed by atoms with Gasteiger partial charge in [-0.1, -0.05) is 17.7 Å². The smallest absolute Gasteiger partial charge is 0.243 e. The highest BCUT2D eigenvalue weighted by Gasteiger charge is 2.35. The molecule has 1 aromatic carbocycles. The van der Waals surface area contributed by atoms with E-state index in [1.54, 1.807) is 16.8 Å². The van der Waals surface area contributed by atoms with Crippen LogP contribution < -0.4 is 5.01 Å². The fraction of sp³-hybridized carbons (Fsp3) is 0.111. The van der Waals surface area contributed by atoms with E-state index in [0.29, 0.717) is 26.6 Å². The minimum absolute atomic E-state index is 0.128. The quantitative estimate of drug-likeness (QED) is 0.639. The Morgan fingerprint density at radius 2 is 1.81 bits per heavy atom. The highest BCUT2D eigenvalue weighted by atomic mass is 35.5. The molecule has 0 saturated heterocycles. The van der Waals surface area contributed by atoms with Crippen LogP contribution in [0.3, 0.4) is 0 Å². The minimum Gasteiger partial charge on any atom is -0.294 e. The molecular formula is C18H13ClN4O2S2. The molecule has 0 bridgehead atoms. The first kappa shape index (κ1) is 18.0. The molecule has 4 rings (SSSR count). The lowest BCUT2D eigenvalue weighted by Crippen LogP contribution is -2.41. The predicted molar refractivity (Wildman–Crippen MR) is 107 cm³/mol. The first-order valence-electron chi connectivity index (χ1n) is 7.96. The van der Waals surface area contributed by atoms with Gasteiger partial charge in [-0.3, -0.25) is 9.59 Å². The second-order valence-electron chi connectivity index (χ2n) is 5.77. The van der Waals surface area contributed by atoms with Gasteiger partial charge in [0.2, 0.25) is 11.1 Å². The Morgan fingerprint density at radius 1 is 1.07 bits per heavy atom. The summed E-state index contributed by atoms with van der Waals surface area (Å²) < 4.78 is 1.65. The normalized spacial score (nSPS) is 13.7. The number of rotatable bonds is 3. The van der Waals surface area contributed by atoms with Crippen LogP contribution in [0.1, 0.15) is 18.7 Å². The van der Waals surface area contributed by atoms with Gasteiger partial charge in [-0.2, -0.15) is 4.68 Å². The number of benzene rings is 1. The number of amides is 1. The number of nitrogens with zero attached hydrogens (tertiary/aromatic N) is 4. The second-order valence-corrected chi connectivity index (χ2v) is 8.13. The summed E-state index contributed by atoms with van der Waals surface area (Å²) in [5.74, 6) is 0.131. The maximum Gasteiger partial charge on any atom is 0.243 e. The van der Waals surface area contributed by atoms with Crippen LogP contribution in [0.2, 0.25) is 5.02 Å². The van der Waals surface area contributed by atoms with E-state index in [0.717, 1.165) is 10.4 Å². The molecule has 2 aromatic heterocycles. The van der Waals surface area contributed by atoms with Gasteiger partial charge >= 0.3 is 0 Å². The number of Topliss-reactive ketones (excluding diaryl/α,β-unsaturated/α-hetero) is 1. The highest BCUT2D eigenvalue weighted by Crippen LogP contribution is 2.42. The van der Waals surface area contributed by atoms with Crippen LogP contribution in [-0.2, 0) is 9.59 Å². The largest absolute Gasteiger partial charge is 0.294 e. The number of thiophene rings is 1. The van der Waals surface area contributed by atoms with Crippen LogP contribution in [0.15, 0.2) is 51.8 Å². The summed E-state index contributed by atoms with van der Waals surface area (Å²) in [6, 6.07) is 10.9. The first-order valence-corrected chi connectivity index (χ1v) is 10.0. The Labute approximate surface area is 168 Å². The molecule has 0 N–H and O–H groups in total. The monoisotopic (exact) mass is 416 g/mol.